The Hall–Kier alpha value is -4.36. The van der Waals surface area contributed by atoms with E-state index in [9.17, 15) is 41.1 Å². The Labute approximate surface area is 235 Å². The number of alkyl halides is 3. The van der Waals surface area contributed by atoms with Crippen molar-refractivity contribution in [1.82, 2.24) is 14.5 Å². The quantitative estimate of drug-likeness (QED) is 0.338. The van der Waals surface area contributed by atoms with Gasteiger partial charge in [-0.05, 0) is 63.9 Å². The zero-order chi connectivity index (χ0) is 30.8. The van der Waals surface area contributed by atoms with Crippen LogP contribution in [0.5, 0.6) is 0 Å². The molecule has 42 heavy (non-hydrogen) atoms. The summed E-state index contributed by atoms with van der Waals surface area (Å²) in [6.45, 7) is 6.32. The molecule has 14 heteroatoms. The van der Waals surface area contributed by atoms with Gasteiger partial charge in [0.15, 0.2) is 11.6 Å². The van der Waals surface area contributed by atoms with E-state index in [2.05, 4.69) is 4.98 Å². The molecule has 2 fully saturated rings. The minimum absolute atomic E-state index is 0.00404. The van der Waals surface area contributed by atoms with Crippen molar-refractivity contribution in [3.05, 3.63) is 69.8 Å². The Morgan fingerprint density at radius 1 is 1.05 bits per heavy atom. The average molecular weight is 593 g/mol. The third-order valence-electron chi connectivity index (χ3n) is 7.30. The van der Waals surface area contributed by atoms with Gasteiger partial charge in [-0.1, -0.05) is 0 Å². The molecule has 0 bridgehead atoms. The largest absolute Gasteiger partial charge is 0.471 e. The summed E-state index contributed by atoms with van der Waals surface area (Å²) in [4.78, 5) is 55.8. The fourth-order valence-corrected chi connectivity index (χ4v) is 5.35. The van der Waals surface area contributed by atoms with Crippen LogP contribution >= 0.6 is 0 Å². The van der Waals surface area contributed by atoms with Crippen LogP contribution in [0.15, 0.2) is 41.5 Å². The van der Waals surface area contributed by atoms with E-state index in [1.807, 2.05) is 0 Å². The Balaban J connectivity index is 1.36. The lowest BCUT2D eigenvalue weighted by atomic mass is 9.60. The highest BCUT2D eigenvalue weighted by Crippen LogP contribution is 2.54. The van der Waals surface area contributed by atoms with Crippen LogP contribution in [0.1, 0.15) is 55.6 Å². The van der Waals surface area contributed by atoms with E-state index >= 15 is 0 Å². The van der Waals surface area contributed by atoms with Gasteiger partial charge in [0, 0.05) is 30.1 Å². The van der Waals surface area contributed by atoms with Gasteiger partial charge in [0.1, 0.15) is 11.4 Å². The van der Waals surface area contributed by atoms with Crippen molar-refractivity contribution in [1.29, 1.82) is 0 Å². The predicted octanol–water partition coefficient (Wildman–Crippen LogP) is 4.98. The van der Waals surface area contributed by atoms with Crippen LogP contribution in [0, 0.1) is 17.0 Å². The first-order valence-corrected chi connectivity index (χ1v) is 12.9. The molecule has 5 rings (SSSR count). The summed E-state index contributed by atoms with van der Waals surface area (Å²) in [5.74, 6) is -6.81. The zero-order valence-electron chi connectivity index (χ0n) is 22.6. The lowest BCUT2D eigenvalue weighted by Gasteiger charge is -2.58. The summed E-state index contributed by atoms with van der Waals surface area (Å²) in [6, 6.07) is 4.50. The van der Waals surface area contributed by atoms with E-state index in [-0.39, 0.29) is 27.9 Å². The lowest BCUT2D eigenvalue weighted by molar-refractivity contribution is -0.167. The van der Waals surface area contributed by atoms with E-state index in [0.717, 1.165) is 6.07 Å². The number of aromatic nitrogens is 2. The van der Waals surface area contributed by atoms with Crippen molar-refractivity contribution in [2.24, 2.45) is 5.41 Å². The minimum Gasteiger partial charge on any atom is -0.444 e. The van der Waals surface area contributed by atoms with Gasteiger partial charge < -0.3 is 15.0 Å². The Kier molecular flexibility index (Phi) is 6.85. The van der Waals surface area contributed by atoms with Gasteiger partial charge in [-0.25, -0.2) is 18.6 Å². The van der Waals surface area contributed by atoms with Crippen LogP contribution in [0.2, 0.25) is 0 Å². The Morgan fingerprint density at radius 2 is 1.71 bits per heavy atom. The van der Waals surface area contributed by atoms with Crippen LogP contribution in [0.3, 0.4) is 0 Å². The van der Waals surface area contributed by atoms with Crippen LogP contribution < -0.4 is 10.9 Å². The summed E-state index contributed by atoms with van der Waals surface area (Å²) in [5.41, 5.74) is -3.58. The van der Waals surface area contributed by atoms with Crippen molar-refractivity contribution >= 4 is 34.4 Å². The first-order chi connectivity index (χ1) is 19.5. The number of anilines is 1. The standard InChI is InChI=1S/C28H25F5N4O5/c1-26(2,3)42-25(41)36-11-27(12-36)9-15(10-27)37-13-34-18-6-4-14(8-16(18)23(37)39)22(38)20-17(29)5-7-19(21(20)30)35-24(40)28(31,32)33/h4-8,13,15H,9-12H2,1-3H3,(H,35,40). The van der Waals surface area contributed by atoms with Crippen molar-refractivity contribution in [3.8, 4) is 0 Å². The number of hydrogen-bond acceptors (Lipinski definition) is 6. The van der Waals surface area contributed by atoms with Gasteiger partial charge in [-0.2, -0.15) is 13.2 Å². The van der Waals surface area contributed by atoms with Crippen LogP contribution in [0.25, 0.3) is 10.9 Å². The first kappa shape index (κ1) is 29.1. The average Bonchev–Trinajstić information content (AvgIpc) is 2.83. The van der Waals surface area contributed by atoms with E-state index < -0.39 is 58.0 Å². The molecule has 222 valence electrons. The van der Waals surface area contributed by atoms with Gasteiger partial charge in [0.25, 0.3) is 5.56 Å². The number of amides is 2. The van der Waals surface area contributed by atoms with E-state index in [1.165, 1.54) is 28.3 Å². The summed E-state index contributed by atoms with van der Waals surface area (Å²) in [5, 5.41) is 1.28. The molecule has 2 aromatic carbocycles. The number of ketones is 1. The number of likely N-dealkylation sites (tertiary alicyclic amines) is 1. The molecule has 1 aliphatic heterocycles. The molecule has 1 N–H and O–H groups in total. The smallest absolute Gasteiger partial charge is 0.444 e. The van der Waals surface area contributed by atoms with E-state index in [4.69, 9.17) is 4.74 Å². The normalized spacial score (nSPS) is 16.6. The van der Waals surface area contributed by atoms with Crippen molar-refractivity contribution in [2.75, 3.05) is 18.4 Å². The van der Waals surface area contributed by atoms with Crippen LogP contribution in [-0.4, -0.2) is 57.1 Å². The minimum atomic E-state index is -5.34. The number of nitrogens with one attached hydrogen (secondary N) is 1. The van der Waals surface area contributed by atoms with Gasteiger partial charge in [0.05, 0.1) is 28.5 Å². The molecule has 0 radical (unpaired) electrons. The van der Waals surface area contributed by atoms with Gasteiger partial charge >= 0.3 is 18.2 Å². The molecule has 1 spiro atoms. The molecule has 2 heterocycles. The molecule has 1 aromatic heterocycles. The van der Waals surface area contributed by atoms with Gasteiger partial charge in [0.2, 0.25) is 0 Å². The first-order valence-electron chi connectivity index (χ1n) is 12.9. The molecule has 9 nitrogen and oxygen atoms in total. The third kappa shape index (κ3) is 5.32. The number of rotatable bonds is 4. The highest BCUT2D eigenvalue weighted by Gasteiger charge is 2.55. The second kappa shape index (κ2) is 9.88. The maximum atomic E-state index is 15.0. The number of ether oxygens (including phenoxy) is 1. The second-order valence-electron chi connectivity index (χ2n) is 11.7. The maximum absolute atomic E-state index is 15.0. The highest BCUT2D eigenvalue weighted by molar-refractivity contribution is 6.11. The number of nitrogens with zero attached hydrogens (tertiary/aromatic N) is 3. The fraction of sp³-hybridized carbons (Fsp3) is 0.393. The second-order valence-corrected chi connectivity index (χ2v) is 11.7. The third-order valence-corrected chi connectivity index (χ3v) is 7.30. The number of halogens is 5. The molecular formula is C28H25F5N4O5. The number of hydrogen-bond donors (Lipinski definition) is 1. The molecule has 1 aliphatic carbocycles. The molecule has 1 saturated heterocycles. The molecule has 2 aliphatic rings. The number of carbonyl (C=O) groups excluding carboxylic acids is 3. The highest BCUT2D eigenvalue weighted by atomic mass is 19.4. The van der Waals surface area contributed by atoms with Gasteiger partial charge in [-0.3, -0.25) is 19.0 Å². The number of benzene rings is 2. The topological polar surface area (TPSA) is 111 Å². The number of carbonyl (C=O) groups is 3. The van der Waals surface area contributed by atoms with Gasteiger partial charge in [-0.15, -0.1) is 0 Å². The summed E-state index contributed by atoms with van der Waals surface area (Å²) in [7, 11) is 0. The lowest BCUT2D eigenvalue weighted by Crippen LogP contribution is -2.64. The fourth-order valence-electron chi connectivity index (χ4n) is 5.35. The van der Waals surface area contributed by atoms with E-state index in [1.54, 1.807) is 25.7 Å². The Morgan fingerprint density at radius 3 is 2.33 bits per heavy atom. The monoisotopic (exact) mass is 592 g/mol. The zero-order valence-corrected chi connectivity index (χ0v) is 22.6. The number of fused-ring (bicyclic) bond motifs is 1. The molecule has 1 saturated carbocycles. The predicted molar refractivity (Wildman–Crippen MR) is 139 cm³/mol. The summed E-state index contributed by atoms with van der Waals surface area (Å²) >= 11 is 0. The molecule has 0 unspecified atom stereocenters. The molecule has 0 atom stereocenters. The van der Waals surface area contributed by atoms with Crippen molar-refractivity contribution in [3.63, 3.8) is 0 Å². The van der Waals surface area contributed by atoms with Crippen molar-refractivity contribution < 1.29 is 41.1 Å². The van der Waals surface area contributed by atoms with Crippen LogP contribution in [0.4, 0.5) is 32.4 Å². The summed E-state index contributed by atoms with van der Waals surface area (Å²) in [6.07, 6.45) is -3.16. The van der Waals surface area contributed by atoms with E-state index in [0.29, 0.717) is 38.1 Å². The molecular weight excluding hydrogens is 567 g/mol. The molecule has 2 amide bonds. The SMILES string of the molecule is CC(C)(C)OC(=O)N1CC2(CC(n3cnc4ccc(C(=O)c5c(F)ccc(NC(=O)C(F)(F)F)c5F)cc4c3=O)C2)C1. The Bertz CT molecular complexity index is 1680. The van der Waals surface area contributed by atoms with Crippen molar-refractivity contribution in [2.45, 2.75) is 51.4 Å². The maximum Gasteiger partial charge on any atom is 0.471 e. The van der Waals surface area contributed by atoms with Crippen LogP contribution in [-0.2, 0) is 9.53 Å². The molecule has 3 aromatic rings. The summed E-state index contributed by atoms with van der Waals surface area (Å²) < 4.78 is 74.1.